The summed E-state index contributed by atoms with van der Waals surface area (Å²) in [5, 5.41) is 12.3. The molecule has 0 fully saturated rings. The number of nitrogens with zero attached hydrogens (tertiary/aromatic N) is 2. The Morgan fingerprint density at radius 2 is 0.586 bits per heavy atom. The van der Waals surface area contributed by atoms with E-state index >= 15 is 0 Å². The van der Waals surface area contributed by atoms with Gasteiger partial charge in [-0.25, -0.2) is 0 Å². The van der Waals surface area contributed by atoms with Gasteiger partial charge in [-0.05, 0) is 67.7 Å². The van der Waals surface area contributed by atoms with Gasteiger partial charge >= 0.3 is 0 Å². The summed E-state index contributed by atoms with van der Waals surface area (Å²) in [6.07, 6.45) is 0. The molecule has 0 aliphatic heterocycles. The maximum absolute atomic E-state index is 2.57. The minimum atomic E-state index is 1.15. The molecule has 268 valence electrons. The van der Waals surface area contributed by atoms with Crippen molar-refractivity contribution in [1.29, 1.82) is 0 Å². The van der Waals surface area contributed by atoms with Gasteiger partial charge in [0.2, 0.25) is 0 Å². The van der Waals surface area contributed by atoms with Gasteiger partial charge in [0.25, 0.3) is 0 Å². The van der Waals surface area contributed by atoms with E-state index in [2.05, 4.69) is 215 Å². The van der Waals surface area contributed by atoms with Crippen LogP contribution in [0.1, 0.15) is 0 Å². The molecule has 2 aromatic heterocycles. The zero-order chi connectivity index (χ0) is 37.9. The summed E-state index contributed by atoms with van der Waals surface area (Å²) in [6, 6.07) is 76.6. The molecule has 10 aromatic carbocycles. The van der Waals surface area contributed by atoms with Crippen LogP contribution in [0.3, 0.4) is 0 Å². The van der Waals surface area contributed by atoms with E-state index in [1.807, 2.05) is 0 Å². The van der Waals surface area contributed by atoms with Crippen LogP contribution < -0.4 is 0 Å². The fourth-order valence-corrected chi connectivity index (χ4v) is 10.1. The van der Waals surface area contributed by atoms with E-state index < -0.39 is 0 Å². The Balaban J connectivity index is 1.27. The lowest BCUT2D eigenvalue weighted by atomic mass is 9.84. The van der Waals surface area contributed by atoms with E-state index in [-0.39, 0.29) is 0 Å². The molecule has 0 N–H and O–H groups in total. The number of hydrogen-bond acceptors (Lipinski definition) is 0. The van der Waals surface area contributed by atoms with Gasteiger partial charge in [-0.2, -0.15) is 0 Å². The Morgan fingerprint density at radius 3 is 1.03 bits per heavy atom. The van der Waals surface area contributed by atoms with Crippen molar-refractivity contribution in [3.05, 3.63) is 206 Å². The van der Waals surface area contributed by atoms with E-state index in [0.29, 0.717) is 0 Å². The largest absolute Gasteiger partial charge is 0.308 e. The highest BCUT2D eigenvalue weighted by atomic mass is 15.0. The maximum Gasteiger partial charge on any atom is 0.0626 e. The van der Waals surface area contributed by atoms with Crippen LogP contribution >= 0.6 is 0 Å². The van der Waals surface area contributed by atoms with Crippen LogP contribution in [0.2, 0.25) is 0 Å². The average Bonchev–Trinajstić information content (AvgIpc) is 3.82. The molecule has 0 bridgehead atoms. The van der Waals surface area contributed by atoms with Gasteiger partial charge in [0.05, 0.1) is 22.4 Å². The zero-order valence-corrected chi connectivity index (χ0v) is 31.5. The molecule has 1 aliphatic rings. The monoisotopic (exact) mass is 734 g/mol. The molecule has 13 rings (SSSR count). The molecule has 1 aliphatic carbocycles. The normalized spacial score (nSPS) is 12.1. The first kappa shape index (κ1) is 31.5. The third-order valence-electron chi connectivity index (χ3n) is 12.6. The first-order valence-electron chi connectivity index (χ1n) is 20.1. The first-order valence-corrected chi connectivity index (χ1v) is 20.1. The molecular formula is C56H34N2. The quantitative estimate of drug-likeness (QED) is 0.167. The smallest absolute Gasteiger partial charge is 0.0626 e. The predicted octanol–water partition coefficient (Wildman–Crippen LogP) is 15.2. The van der Waals surface area contributed by atoms with E-state index in [1.54, 1.807) is 0 Å². The Kier molecular flexibility index (Phi) is 6.47. The third kappa shape index (κ3) is 4.32. The third-order valence-corrected chi connectivity index (χ3v) is 12.6. The Hall–Kier alpha value is -7.68. The van der Waals surface area contributed by atoms with Crippen molar-refractivity contribution in [2.75, 3.05) is 0 Å². The van der Waals surface area contributed by atoms with Crippen molar-refractivity contribution in [2.24, 2.45) is 0 Å². The van der Waals surface area contributed by atoms with Crippen LogP contribution in [0.4, 0.5) is 0 Å². The van der Waals surface area contributed by atoms with Crippen LogP contribution in [0.15, 0.2) is 206 Å². The molecule has 0 unspecified atom stereocenters. The van der Waals surface area contributed by atoms with Gasteiger partial charge in [-0.1, -0.05) is 182 Å². The van der Waals surface area contributed by atoms with Gasteiger partial charge in [0.15, 0.2) is 0 Å². The molecular weight excluding hydrogens is 701 g/mol. The Morgan fingerprint density at radius 1 is 0.241 bits per heavy atom. The molecule has 0 spiro atoms. The van der Waals surface area contributed by atoms with Crippen molar-refractivity contribution in [3.63, 3.8) is 0 Å². The van der Waals surface area contributed by atoms with Crippen LogP contribution in [-0.4, -0.2) is 9.13 Å². The lowest BCUT2D eigenvalue weighted by molar-refractivity contribution is 1.13. The highest BCUT2D eigenvalue weighted by molar-refractivity contribution is 6.23. The van der Waals surface area contributed by atoms with Gasteiger partial charge < -0.3 is 9.13 Å². The highest BCUT2D eigenvalue weighted by Crippen LogP contribution is 2.56. The van der Waals surface area contributed by atoms with Crippen LogP contribution in [-0.2, 0) is 0 Å². The van der Waals surface area contributed by atoms with Crippen LogP contribution in [0, 0.1) is 0 Å². The van der Waals surface area contributed by atoms with Gasteiger partial charge in [-0.3, -0.25) is 0 Å². The van der Waals surface area contributed by atoms with Crippen LogP contribution in [0.25, 0.3) is 121 Å². The van der Waals surface area contributed by atoms with E-state index in [1.165, 1.54) is 110 Å². The van der Waals surface area contributed by atoms with Gasteiger partial charge in [0.1, 0.15) is 0 Å². The minimum Gasteiger partial charge on any atom is -0.308 e. The molecule has 58 heavy (non-hydrogen) atoms. The lowest BCUT2D eigenvalue weighted by Gasteiger charge is -2.23. The highest BCUT2D eigenvalue weighted by Gasteiger charge is 2.33. The second-order valence-electron chi connectivity index (χ2n) is 15.6. The Labute approximate surface area is 335 Å². The second-order valence-corrected chi connectivity index (χ2v) is 15.6. The molecule has 12 aromatic rings. The van der Waals surface area contributed by atoms with E-state index in [0.717, 1.165) is 11.4 Å². The van der Waals surface area contributed by atoms with Crippen LogP contribution in [0.5, 0.6) is 0 Å². The fourth-order valence-electron chi connectivity index (χ4n) is 10.1. The SMILES string of the molecule is c1ccc2c(c1)-c1c(n(-c3ccc4ccccc4c3)c3c1ccc1ccccc13)-c1ccccc1-c1c-2c2ccc3ccccc3c2n1-c1ccc2ccccc2c1. The van der Waals surface area contributed by atoms with Gasteiger partial charge in [-0.15, -0.1) is 0 Å². The second kappa shape index (κ2) is 11.9. The summed E-state index contributed by atoms with van der Waals surface area (Å²) < 4.78 is 5.14. The predicted molar refractivity (Wildman–Crippen MR) is 245 cm³/mol. The van der Waals surface area contributed by atoms with Crippen molar-refractivity contribution in [2.45, 2.75) is 0 Å². The topological polar surface area (TPSA) is 9.86 Å². The van der Waals surface area contributed by atoms with Crippen molar-refractivity contribution >= 4 is 64.9 Å². The standard InChI is InChI=1S/C56H34N2/c1-3-17-39-33-41(29-25-35(39)13-1)57-53-43-19-7-5-15-37(43)27-31-49(53)51-45-21-9-10-22-46(45)52-50-32-28-38-16-6-8-20-44(38)54(50)58(42-30-26-36-14-2-4-18-40(36)34-42)56(52)48-24-12-11-23-47(48)55(51)57/h1-34H. The molecule has 2 heterocycles. The lowest BCUT2D eigenvalue weighted by Crippen LogP contribution is -2.04. The Bertz CT molecular complexity index is 3450. The van der Waals surface area contributed by atoms with Gasteiger partial charge in [0, 0.05) is 55.2 Å². The molecule has 2 heteroatoms. The number of aromatic nitrogens is 2. The summed E-state index contributed by atoms with van der Waals surface area (Å²) in [7, 11) is 0. The molecule has 0 saturated heterocycles. The summed E-state index contributed by atoms with van der Waals surface area (Å²) in [6.45, 7) is 0. The number of hydrogen-bond donors (Lipinski definition) is 0. The van der Waals surface area contributed by atoms with Crippen molar-refractivity contribution in [1.82, 2.24) is 9.13 Å². The molecule has 0 saturated carbocycles. The summed E-state index contributed by atoms with van der Waals surface area (Å²) >= 11 is 0. The van der Waals surface area contributed by atoms with Crippen molar-refractivity contribution in [3.8, 4) is 56.1 Å². The summed E-state index contributed by atoms with van der Waals surface area (Å²) in [4.78, 5) is 0. The number of rotatable bonds is 2. The number of benzene rings is 10. The maximum atomic E-state index is 2.57. The summed E-state index contributed by atoms with van der Waals surface area (Å²) in [5.74, 6) is 0. The van der Waals surface area contributed by atoms with E-state index in [4.69, 9.17) is 0 Å². The molecule has 0 amide bonds. The first-order chi connectivity index (χ1) is 28.8. The molecule has 0 atom stereocenters. The minimum absolute atomic E-state index is 1.15. The molecule has 0 radical (unpaired) electrons. The zero-order valence-electron chi connectivity index (χ0n) is 31.5. The van der Waals surface area contributed by atoms with E-state index in [9.17, 15) is 0 Å². The summed E-state index contributed by atoms with van der Waals surface area (Å²) in [5.41, 5.74) is 14.6. The van der Waals surface area contributed by atoms with Crippen molar-refractivity contribution < 1.29 is 0 Å². The fraction of sp³-hybridized carbons (Fsp3) is 0. The number of fused-ring (bicyclic) bond motifs is 18. The molecule has 2 nitrogen and oxygen atoms in total. The average molecular weight is 735 g/mol.